The van der Waals surface area contributed by atoms with Gasteiger partial charge in [0, 0.05) is 19.7 Å². The molecule has 1 aromatic carbocycles. The van der Waals surface area contributed by atoms with Gasteiger partial charge in [0.25, 0.3) is 0 Å². The van der Waals surface area contributed by atoms with Gasteiger partial charge in [-0.15, -0.1) is 0 Å². The third-order valence-corrected chi connectivity index (χ3v) is 4.16. The van der Waals surface area contributed by atoms with Crippen molar-refractivity contribution in [3.8, 4) is 0 Å². The first kappa shape index (κ1) is 14.5. The van der Waals surface area contributed by atoms with Gasteiger partial charge in [0.1, 0.15) is 0 Å². The van der Waals surface area contributed by atoms with E-state index >= 15 is 0 Å². The molecule has 0 saturated carbocycles. The van der Waals surface area contributed by atoms with E-state index in [9.17, 15) is 0 Å². The maximum atomic E-state index is 5.83. The molecule has 0 aromatic heterocycles. The summed E-state index contributed by atoms with van der Waals surface area (Å²) >= 11 is 0. The molecule has 0 bridgehead atoms. The summed E-state index contributed by atoms with van der Waals surface area (Å²) in [4.78, 5) is 2.49. The molecular weight excluding hydrogens is 236 g/mol. The molecule has 1 aliphatic heterocycles. The summed E-state index contributed by atoms with van der Waals surface area (Å²) < 4.78 is 5.25. The Morgan fingerprint density at radius 3 is 2.53 bits per heavy atom. The maximum Gasteiger partial charge on any atom is 0.0630 e. The lowest BCUT2D eigenvalue weighted by atomic mass is 9.89. The third-order valence-electron chi connectivity index (χ3n) is 4.16. The molecule has 1 atom stereocenters. The van der Waals surface area contributed by atoms with Gasteiger partial charge in [-0.1, -0.05) is 30.3 Å². The molecule has 1 unspecified atom stereocenters. The van der Waals surface area contributed by atoms with Crippen LogP contribution in [0.2, 0.25) is 0 Å². The van der Waals surface area contributed by atoms with Crippen molar-refractivity contribution in [2.45, 2.75) is 25.3 Å². The van der Waals surface area contributed by atoms with Gasteiger partial charge < -0.3 is 10.5 Å². The topological polar surface area (TPSA) is 38.5 Å². The van der Waals surface area contributed by atoms with E-state index in [1.807, 2.05) is 0 Å². The molecule has 1 fully saturated rings. The third kappa shape index (κ3) is 4.30. The van der Waals surface area contributed by atoms with Gasteiger partial charge in [0.2, 0.25) is 0 Å². The van der Waals surface area contributed by atoms with E-state index in [0.29, 0.717) is 12.6 Å². The van der Waals surface area contributed by atoms with Crippen LogP contribution < -0.4 is 5.73 Å². The number of rotatable bonds is 6. The summed E-state index contributed by atoms with van der Waals surface area (Å²) in [7, 11) is 1.75. The van der Waals surface area contributed by atoms with Crippen LogP contribution in [0, 0.1) is 5.92 Å². The van der Waals surface area contributed by atoms with E-state index in [-0.39, 0.29) is 0 Å². The summed E-state index contributed by atoms with van der Waals surface area (Å²) in [5, 5.41) is 0. The highest BCUT2D eigenvalue weighted by Crippen LogP contribution is 2.22. The van der Waals surface area contributed by atoms with Crippen LogP contribution >= 0.6 is 0 Å². The highest BCUT2D eigenvalue weighted by molar-refractivity contribution is 5.15. The minimum absolute atomic E-state index is 0.391. The van der Waals surface area contributed by atoms with Crippen LogP contribution in [0.25, 0.3) is 0 Å². The summed E-state index contributed by atoms with van der Waals surface area (Å²) in [5.41, 5.74) is 7.29. The summed E-state index contributed by atoms with van der Waals surface area (Å²) in [6.07, 6.45) is 3.76. The zero-order chi connectivity index (χ0) is 13.5. The fourth-order valence-corrected chi connectivity index (χ4v) is 2.98. The highest BCUT2D eigenvalue weighted by atomic mass is 16.5. The average molecular weight is 262 g/mol. The normalized spacial score (nSPS) is 19.5. The van der Waals surface area contributed by atoms with E-state index in [1.165, 1.54) is 24.8 Å². The van der Waals surface area contributed by atoms with Crippen LogP contribution in [0.5, 0.6) is 0 Å². The lowest BCUT2D eigenvalue weighted by Gasteiger charge is -2.36. The quantitative estimate of drug-likeness (QED) is 0.851. The molecule has 0 radical (unpaired) electrons. The highest BCUT2D eigenvalue weighted by Gasteiger charge is 2.24. The predicted molar refractivity (Wildman–Crippen MR) is 79.2 cm³/mol. The smallest absolute Gasteiger partial charge is 0.0630 e. The fraction of sp³-hybridized carbons (Fsp3) is 0.625. The maximum absolute atomic E-state index is 5.83. The Morgan fingerprint density at radius 1 is 1.26 bits per heavy atom. The molecule has 106 valence electrons. The van der Waals surface area contributed by atoms with Crippen molar-refractivity contribution in [1.82, 2.24) is 4.90 Å². The SMILES string of the molecule is COCC(CN)N1CCC(Cc2ccccc2)CC1. The summed E-state index contributed by atoms with van der Waals surface area (Å²) in [6.45, 7) is 3.75. The number of benzene rings is 1. The van der Waals surface area contributed by atoms with Crippen LogP contribution in [0.4, 0.5) is 0 Å². The van der Waals surface area contributed by atoms with Crippen molar-refractivity contribution in [2.24, 2.45) is 11.7 Å². The predicted octanol–water partition coefficient (Wildman–Crippen LogP) is 1.91. The molecule has 2 N–H and O–H groups in total. The first-order chi connectivity index (χ1) is 9.33. The summed E-state index contributed by atoms with van der Waals surface area (Å²) in [6, 6.07) is 11.2. The minimum atomic E-state index is 0.391. The molecular formula is C16H26N2O. The van der Waals surface area contributed by atoms with E-state index in [0.717, 1.165) is 25.6 Å². The lowest BCUT2D eigenvalue weighted by molar-refractivity contribution is 0.0687. The molecule has 0 aliphatic carbocycles. The number of hydrogen-bond acceptors (Lipinski definition) is 3. The van der Waals surface area contributed by atoms with E-state index < -0.39 is 0 Å². The van der Waals surface area contributed by atoms with Crippen molar-refractivity contribution in [3.63, 3.8) is 0 Å². The Balaban J connectivity index is 1.79. The molecule has 1 heterocycles. The molecule has 3 heteroatoms. The standard InChI is InChI=1S/C16H26N2O/c1-19-13-16(12-17)18-9-7-15(8-10-18)11-14-5-3-2-4-6-14/h2-6,15-16H,7-13,17H2,1H3. The van der Waals surface area contributed by atoms with Gasteiger partial charge >= 0.3 is 0 Å². The molecule has 1 saturated heterocycles. The largest absolute Gasteiger partial charge is 0.383 e. The van der Waals surface area contributed by atoms with Crippen molar-refractivity contribution in [1.29, 1.82) is 0 Å². The van der Waals surface area contributed by atoms with Crippen molar-refractivity contribution in [3.05, 3.63) is 35.9 Å². The number of piperidine rings is 1. The minimum Gasteiger partial charge on any atom is -0.383 e. The second-order valence-electron chi connectivity index (χ2n) is 5.51. The van der Waals surface area contributed by atoms with Crippen molar-refractivity contribution in [2.75, 3.05) is 33.4 Å². The first-order valence-corrected chi connectivity index (χ1v) is 7.30. The Labute approximate surface area is 116 Å². The van der Waals surface area contributed by atoms with Crippen LogP contribution in [0.15, 0.2) is 30.3 Å². The van der Waals surface area contributed by atoms with Crippen molar-refractivity contribution < 1.29 is 4.74 Å². The number of likely N-dealkylation sites (tertiary alicyclic amines) is 1. The van der Waals surface area contributed by atoms with E-state index in [2.05, 4.69) is 35.2 Å². The van der Waals surface area contributed by atoms with Gasteiger partial charge in [-0.05, 0) is 43.8 Å². The Hall–Kier alpha value is -0.900. The van der Waals surface area contributed by atoms with Crippen LogP contribution in [-0.2, 0) is 11.2 Å². The lowest BCUT2D eigenvalue weighted by Crippen LogP contribution is -2.47. The number of methoxy groups -OCH3 is 1. The molecule has 1 aliphatic rings. The van der Waals surface area contributed by atoms with Crippen LogP contribution in [0.3, 0.4) is 0 Å². The van der Waals surface area contributed by atoms with Crippen LogP contribution in [0.1, 0.15) is 18.4 Å². The van der Waals surface area contributed by atoms with E-state index in [1.54, 1.807) is 7.11 Å². The van der Waals surface area contributed by atoms with Crippen LogP contribution in [-0.4, -0.2) is 44.3 Å². The fourth-order valence-electron chi connectivity index (χ4n) is 2.98. The second kappa shape index (κ2) is 7.63. The molecule has 0 amide bonds. The second-order valence-corrected chi connectivity index (χ2v) is 5.51. The van der Waals surface area contributed by atoms with Gasteiger partial charge in [-0.2, -0.15) is 0 Å². The molecule has 19 heavy (non-hydrogen) atoms. The van der Waals surface area contributed by atoms with Crippen molar-refractivity contribution >= 4 is 0 Å². The molecule has 1 aromatic rings. The van der Waals surface area contributed by atoms with Gasteiger partial charge in [-0.3, -0.25) is 4.90 Å². The van der Waals surface area contributed by atoms with E-state index in [4.69, 9.17) is 10.5 Å². The van der Waals surface area contributed by atoms with Gasteiger partial charge in [0.15, 0.2) is 0 Å². The number of ether oxygens (including phenoxy) is 1. The molecule has 3 nitrogen and oxygen atoms in total. The van der Waals surface area contributed by atoms with Gasteiger partial charge in [0.05, 0.1) is 6.61 Å². The zero-order valence-corrected chi connectivity index (χ0v) is 11.9. The first-order valence-electron chi connectivity index (χ1n) is 7.30. The average Bonchev–Trinajstić information content (AvgIpc) is 2.47. The van der Waals surface area contributed by atoms with Gasteiger partial charge in [-0.25, -0.2) is 0 Å². The Bertz CT molecular complexity index is 347. The molecule has 0 spiro atoms. The Morgan fingerprint density at radius 2 is 1.95 bits per heavy atom. The monoisotopic (exact) mass is 262 g/mol. The Kier molecular flexibility index (Phi) is 5.83. The number of nitrogens with two attached hydrogens (primary N) is 1. The number of nitrogens with zero attached hydrogens (tertiary/aromatic N) is 1. The zero-order valence-electron chi connectivity index (χ0n) is 11.9. The summed E-state index contributed by atoms with van der Waals surface area (Å²) in [5.74, 6) is 0.819. The molecule has 2 rings (SSSR count). The number of hydrogen-bond donors (Lipinski definition) is 1.